The molecule has 2 aromatic rings. The summed E-state index contributed by atoms with van der Waals surface area (Å²) in [6.45, 7) is 6.32. The summed E-state index contributed by atoms with van der Waals surface area (Å²) < 4.78 is 5.65. The molecule has 0 saturated carbocycles. The number of furan rings is 1. The largest absolute Gasteiger partial charge is 0.468 e. The average Bonchev–Trinajstić information content (AvgIpc) is 3.27. The van der Waals surface area contributed by atoms with Crippen molar-refractivity contribution in [3.05, 3.63) is 60.1 Å². The first-order valence-electron chi connectivity index (χ1n) is 10.5. The molecule has 2 atom stereocenters. The van der Waals surface area contributed by atoms with Crippen LogP contribution < -0.4 is 10.6 Å². The maximum atomic E-state index is 12.9. The van der Waals surface area contributed by atoms with Gasteiger partial charge in [0.25, 0.3) is 5.91 Å². The lowest BCUT2D eigenvalue weighted by atomic mass is 10.0. The smallest absolute Gasteiger partial charge is 0.251 e. The summed E-state index contributed by atoms with van der Waals surface area (Å²) in [6, 6.07) is 12.2. The summed E-state index contributed by atoms with van der Waals surface area (Å²) in [5.74, 6) is 0.428. The fraction of sp³-hybridized carbons (Fsp3) is 0.478. The Balaban J connectivity index is 1.64. The van der Waals surface area contributed by atoms with Crippen LogP contribution in [-0.2, 0) is 4.79 Å². The van der Waals surface area contributed by atoms with Crippen LogP contribution in [0.25, 0.3) is 0 Å². The highest BCUT2D eigenvalue weighted by molar-refractivity contribution is 5.97. The van der Waals surface area contributed by atoms with Crippen LogP contribution in [0.5, 0.6) is 0 Å². The molecule has 6 heteroatoms. The van der Waals surface area contributed by atoms with Crippen LogP contribution in [0.2, 0.25) is 0 Å². The Morgan fingerprint density at radius 3 is 2.38 bits per heavy atom. The van der Waals surface area contributed by atoms with E-state index in [0.29, 0.717) is 12.1 Å². The predicted octanol–water partition coefficient (Wildman–Crippen LogP) is 3.38. The molecule has 156 valence electrons. The van der Waals surface area contributed by atoms with Gasteiger partial charge in [-0.2, -0.15) is 0 Å². The summed E-state index contributed by atoms with van der Waals surface area (Å²) in [6.07, 6.45) is 5.24. The predicted molar refractivity (Wildman–Crippen MR) is 112 cm³/mol. The number of piperidine rings is 1. The molecule has 2 amide bonds. The van der Waals surface area contributed by atoms with Crippen molar-refractivity contribution in [1.82, 2.24) is 15.5 Å². The van der Waals surface area contributed by atoms with Gasteiger partial charge in [-0.25, -0.2) is 0 Å². The third kappa shape index (κ3) is 5.70. The molecule has 1 aromatic carbocycles. The lowest BCUT2D eigenvalue weighted by Gasteiger charge is -2.34. The Morgan fingerprint density at radius 2 is 1.76 bits per heavy atom. The molecule has 1 aliphatic rings. The van der Waals surface area contributed by atoms with Gasteiger partial charge in [-0.1, -0.05) is 38.5 Å². The van der Waals surface area contributed by atoms with Gasteiger partial charge in [-0.05, 0) is 56.1 Å². The SMILES string of the molecule is CC(C)C(NC(=O)c1ccccc1)C(=O)NCC(c1ccco1)N1CCCCC1. The number of benzene rings is 1. The lowest BCUT2D eigenvalue weighted by Crippen LogP contribution is -2.51. The Labute approximate surface area is 172 Å². The zero-order valence-electron chi connectivity index (χ0n) is 17.3. The highest BCUT2D eigenvalue weighted by Crippen LogP contribution is 2.24. The molecule has 0 bridgehead atoms. The quantitative estimate of drug-likeness (QED) is 0.716. The highest BCUT2D eigenvalue weighted by Gasteiger charge is 2.28. The fourth-order valence-corrected chi connectivity index (χ4v) is 3.78. The van der Waals surface area contributed by atoms with Crippen LogP contribution in [0.3, 0.4) is 0 Å². The first-order chi connectivity index (χ1) is 14.1. The van der Waals surface area contributed by atoms with Crippen molar-refractivity contribution >= 4 is 11.8 Å². The van der Waals surface area contributed by atoms with Crippen LogP contribution in [0.1, 0.15) is 55.3 Å². The van der Waals surface area contributed by atoms with E-state index in [1.165, 1.54) is 6.42 Å². The first kappa shape index (κ1) is 21.1. The number of amides is 2. The van der Waals surface area contributed by atoms with E-state index in [2.05, 4.69) is 15.5 Å². The Hall–Kier alpha value is -2.60. The molecule has 6 nitrogen and oxygen atoms in total. The molecule has 1 aromatic heterocycles. The Morgan fingerprint density at radius 1 is 1.03 bits per heavy atom. The molecular weight excluding hydrogens is 366 g/mol. The summed E-state index contributed by atoms with van der Waals surface area (Å²) >= 11 is 0. The molecule has 2 heterocycles. The van der Waals surface area contributed by atoms with Crippen LogP contribution in [0.15, 0.2) is 53.1 Å². The van der Waals surface area contributed by atoms with E-state index >= 15 is 0 Å². The molecule has 1 fully saturated rings. The second kappa shape index (κ2) is 10.3. The van der Waals surface area contributed by atoms with E-state index in [0.717, 1.165) is 31.7 Å². The van der Waals surface area contributed by atoms with Gasteiger partial charge in [-0.15, -0.1) is 0 Å². The molecular formula is C23H31N3O3. The van der Waals surface area contributed by atoms with Gasteiger partial charge in [0.15, 0.2) is 0 Å². The molecule has 0 radical (unpaired) electrons. The minimum Gasteiger partial charge on any atom is -0.468 e. The summed E-state index contributed by atoms with van der Waals surface area (Å²) in [7, 11) is 0. The molecule has 29 heavy (non-hydrogen) atoms. The second-order valence-corrected chi connectivity index (χ2v) is 7.93. The first-order valence-corrected chi connectivity index (χ1v) is 10.5. The van der Waals surface area contributed by atoms with Crippen molar-refractivity contribution in [1.29, 1.82) is 0 Å². The van der Waals surface area contributed by atoms with E-state index in [-0.39, 0.29) is 23.8 Å². The molecule has 0 aliphatic carbocycles. The summed E-state index contributed by atoms with van der Waals surface area (Å²) in [5, 5.41) is 5.93. The van der Waals surface area contributed by atoms with E-state index < -0.39 is 6.04 Å². The van der Waals surface area contributed by atoms with Crippen molar-refractivity contribution in [2.75, 3.05) is 19.6 Å². The van der Waals surface area contributed by atoms with Gasteiger partial charge in [0.05, 0.1) is 12.3 Å². The summed E-state index contributed by atoms with van der Waals surface area (Å²) in [5.41, 5.74) is 0.549. The fourth-order valence-electron chi connectivity index (χ4n) is 3.78. The van der Waals surface area contributed by atoms with E-state index in [9.17, 15) is 9.59 Å². The van der Waals surface area contributed by atoms with Gasteiger partial charge in [0, 0.05) is 12.1 Å². The van der Waals surface area contributed by atoms with Crippen LogP contribution in [-0.4, -0.2) is 42.4 Å². The monoisotopic (exact) mass is 397 g/mol. The maximum Gasteiger partial charge on any atom is 0.251 e. The van der Waals surface area contributed by atoms with Gasteiger partial charge < -0.3 is 15.1 Å². The molecule has 0 spiro atoms. The maximum absolute atomic E-state index is 12.9. The minimum absolute atomic E-state index is 0.00638. The summed E-state index contributed by atoms with van der Waals surface area (Å²) in [4.78, 5) is 27.8. The standard InChI is InChI=1S/C23H31N3O3/c1-17(2)21(25-22(27)18-10-5-3-6-11-18)23(28)24-16-19(20-12-9-15-29-20)26-13-7-4-8-14-26/h3,5-6,9-12,15,17,19,21H,4,7-8,13-14,16H2,1-2H3,(H,24,28)(H,25,27). The number of carbonyl (C=O) groups is 2. The zero-order chi connectivity index (χ0) is 20.6. The lowest BCUT2D eigenvalue weighted by molar-refractivity contribution is -0.124. The van der Waals surface area contributed by atoms with Gasteiger partial charge in [0.1, 0.15) is 11.8 Å². The zero-order valence-corrected chi connectivity index (χ0v) is 17.3. The van der Waals surface area contributed by atoms with Crippen LogP contribution in [0.4, 0.5) is 0 Å². The number of carbonyl (C=O) groups excluding carboxylic acids is 2. The number of rotatable bonds is 8. The second-order valence-electron chi connectivity index (χ2n) is 7.93. The minimum atomic E-state index is -0.596. The van der Waals surface area contributed by atoms with Crippen molar-refractivity contribution in [3.8, 4) is 0 Å². The van der Waals surface area contributed by atoms with Crippen molar-refractivity contribution in [3.63, 3.8) is 0 Å². The third-order valence-corrected chi connectivity index (χ3v) is 5.44. The molecule has 1 saturated heterocycles. The Kier molecular flexibility index (Phi) is 7.47. The van der Waals surface area contributed by atoms with Crippen LogP contribution in [0, 0.1) is 5.92 Å². The highest BCUT2D eigenvalue weighted by atomic mass is 16.3. The third-order valence-electron chi connectivity index (χ3n) is 5.44. The number of hydrogen-bond donors (Lipinski definition) is 2. The van der Waals surface area contributed by atoms with Gasteiger partial charge in [-0.3, -0.25) is 14.5 Å². The van der Waals surface area contributed by atoms with Crippen LogP contribution >= 0.6 is 0 Å². The van der Waals surface area contributed by atoms with Crippen molar-refractivity contribution < 1.29 is 14.0 Å². The van der Waals surface area contributed by atoms with E-state index in [1.54, 1.807) is 18.4 Å². The van der Waals surface area contributed by atoms with E-state index in [1.807, 2.05) is 44.2 Å². The number of likely N-dealkylation sites (tertiary alicyclic amines) is 1. The average molecular weight is 398 g/mol. The number of hydrogen-bond acceptors (Lipinski definition) is 4. The Bertz CT molecular complexity index is 768. The van der Waals surface area contributed by atoms with Crippen molar-refractivity contribution in [2.45, 2.75) is 45.2 Å². The number of nitrogens with one attached hydrogen (secondary N) is 2. The molecule has 2 N–H and O–H groups in total. The normalized spacial score (nSPS) is 16.9. The topological polar surface area (TPSA) is 74.6 Å². The van der Waals surface area contributed by atoms with Gasteiger partial charge >= 0.3 is 0 Å². The number of nitrogens with zero attached hydrogens (tertiary/aromatic N) is 1. The molecule has 3 rings (SSSR count). The van der Waals surface area contributed by atoms with Gasteiger partial charge in [0.2, 0.25) is 5.91 Å². The molecule has 2 unspecified atom stereocenters. The molecule has 1 aliphatic heterocycles. The van der Waals surface area contributed by atoms with E-state index in [4.69, 9.17) is 4.42 Å². The van der Waals surface area contributed by atoms with Crippen molar-refractivity contribution in [2.24, 2.45) is 5.92 Å².